The number of carbonyl (C=O) groups excluding carboxylic acids is 1. The van der Waals surface area contributed by atoms with Gasteiger partial charge in [0.1, 0.15) is 6.07 Å². The van der Waals surface area contributed by atoms with E-state index in [0.717, 1.165) is 16.5 Å². The summed E-state index contributed by atoms with van der Waals surface area (Å²) in [6.07, 6.45) is 2.68. The molecule has 0 saturated carbocycles. The van der Waals surface area contributed by atoms with Crippen LogP contribution < -0.4 is 10.6 Å². The molecule has 0 fully saturated rings. The van der Waals surface area contributed by atoms with Gasteiger partial charge in [-0.15, -0.1) is 10.2 Å². The maximum Gasteiger partial charge on any atom is 0.271 e. The number of rotatable bonds is 6. The molecule has 29 heavy (non-hydrogen) atoms. The molecule has 2 aromatic carbocycles. The topological polar surface area (TPSA) is 106 Å². The van der Waals surface area contributed by atoms with Crippen LogP contribution in [0.3, 0.4) is 0 Å². The molecule has 0 radical (unpaired) electrons. The maximum absolute atomic E-state index is 12.3. The first kappa shape index (κ1) is 18.2. The zero-order valence-electron chi connectivity index (χ0n) is 15.5. The molecule has 0 spiro atoms. The monoisotopic (exact) mass is 382 g/mol. The van der Waals surface area contributed by atoms with Crippen LogP contribution in [0, 0.1) is 11.3 Å². The number of nitrogens with zero attached hydrogens (tertiary/aromatic N) is 3. The van der Waals surface area contributed by atoms with Crippen molar-refractivity contribution in [2.75, 3.05) is 11.9 Å². The van der Waals surface area contributed by atoms with Gasteiger partial charge in [0.15, 0.2) is 11.5 Å². The van der Waals surface area contributed by atoms with Crippen molar-refractivity contribution < 1.29 is 4.79 Å². The summed E-state index contributed by atoms with van der Waals surface area (Å²) < 4.78 is 0. The van der Waals surface area contributed by atoms with E-state index in [1.165, 1.54) is 0 Å². The summed E-state index contributed by atoms with van der Waals surface area (Å²) in [6, 6.07) is 20.6. The first-order valence-electron chi connectivity index (χ1n) is 9.17. The quantitative estimate of drug-likeness (QED) is 0.473. The Bertz CT molecular complexity index is 1190. The Kier molecular flexibility index (Phi) is 5.16. The summed E-state index contributed by atoms with van der Waals surface area (Å²) >= 11 is 0. The highest BCUT2D eigenvalue weighted by Crippen LogP contribution is 2.19. The van der Waals surface area contributed by atoms with Crippen LogP contribution in [-0.2, 0) is 6.42 Å². The number of nitrogens with one attached hydrogen (secondary N) is 3. The highest BCUT2D eigenvalue weighted by atomic mass is 16.1. The summed E-state index contributed by atoms with van der Waals surface area (Å²) in [7, 11) is 0. The number of benzene rings is 2. The van der Waals surface area contributed by atoms with Crippen LogP contribution in [0.5, 0.6) is 0 Å². The lowest BCUT2D eigenvalue weighted by Crippen LogP contribution is -2.26. The van der Waals surface area contributed by atoms with Gasteiger partial charge in [0.2, 0.25) is 0 Å². The minimum absolute atomic E-state index is 0.239. The van der Waals surface area contributed by atoms with Gasteiger partial charge in [-0.1, -0.05) is 30.3 Å². The Hall–Kier alpha value is -4.18. The van der Waals surface area contributed by atoms with Gasteiger partial charge in [0, 0.05) is 23.6 Å². The summed E-state index contributed by atoms with van der Waals surface area (Å²) in [5.41, 5.74) is 3.63. The van der Waals surface area contributed by atoms with E-state index < -0.39 is 0 Å². The molecule has 0 bridgehead atoms. The molecule has 142 valence electrons. The summed E-state index contributed by atoms with van der Waals surface area (Å²) in [4.78, 5) is 15.6. The standard InChI is InChI=1S/C22H18N6O/c23-13-15-5-1-3-7-18(15)26-21-10-9-20(27-28-21)22(29)24-12-11-16-14-25-19-8-4-2-6-17(16)19/h1-10,14,25H,11-12H2,(H,24,29)(H,26,28). The molecule has 0 aliphatic heterocycles. The molecule has 0 aliphatic carbocycles. The highest BCUT2D eigenvalue weighted by Gasteiger charge is 2.10. The third-order valence-electron chi connectivity index (χ3n) is 4.56. The van der Waals surface area contributed by atoms with Crippen molar-refractivity contribution in [3.05, 3.63) is 83.7 Å². The molecule has 0 unspecified atom stereocenters. The van der Waals surface area contributed by atoms with Gasteiger partial charge in [-0.05, 0) is 42.3 Å². The van der Waals surface area contributed by atoms with Gasteiger partial charge in [0.05, 0.1) is 11.3 Å². The van der Waals surface area contributed by atoms with Gasteiger partial charge in [-0.2, -0.15) is 5.26 Å². The molecule has 1 amide bonds. The van der Waals surface area contributed by atoms with Gasteiger partial charge >= 0.3 is 0 Å². The maximum atomic E-state index is 12.3. The lowest BCUT2D eigenvalue weighted by Gasteiger charge is -2.07. The third-order valence-corrected chi connectivity index (χ3v) is 4.56. The van der Waals surface area contributed by atoms with E-state index >= 15 is 0 Å². The smallest absolute Gasteiger partial charge is 0.271 e. The van der Waals surface area contributed by atoms with E-state index in [0.29, 0.717) is 30.0 Å². The molecule has 2 heterocycles. The van der Waals surface area contributed by atoms with Crippen LogP contribution in [0.2, 0.25) is 0 Å². The Labute approximate surface area is 167 Å². The number of hydrogen-bond donors (Lipinski definition) is 3. The van der Waals surface area contributed by atoms with Crippen molar-refractivity contribution in [3.63, 3.8) is 0 Å². The predicted molar refractivity (Wildman–Crippen MR) is 111 cm³/mol. The number of anilines is 2. The fourth-order valence-electron chi connectivity index (χ4n) is 3.09. The lowest BCUT2D eigenvalue weighted by atomic mass is 10.1. The van der Waals surface area contributed by atoms with Crippen LogP contribution in [0.15, 0.2) is 66.9 Å². The molecule has 7 heteroatoms. The van der Waals surface area contributed by atoms with Gasteiger partial charge < -0.3 is 15.6 Å². The van der Waals surface area contributed by atoms with Crippen molar-refractivity contribution in [1.82, 2.24) is 20.5 Å². The first-order chi connectivity index (χ1) is 14.2. The molecule has 4 rings (SSSR count). The molecular formula is C22H18N6O. The second-order valence-electron chi connectivity index (χ2n) is 6.45. The summed E-state index contributed by atoms with van der Waals surface area (Å²) in [5.74, 6) is 0.185. The minimum atomic E-state index is -0.277. The van der Waals surface area contributed by atoms with Crippen molar-refractivity contribution in [2.45, 2.75) is 6.42 Å². The van der Waals surface area contributed by atoms with Crippen molar-refractivity contribution >= 4 is 28.3 Å². The van der Waals surface area contributed by atoms with Crippen LogP contribution in [-0.4, -0.2) is 27.6 Å². The SMILES string of the molecule is N#Cc1ccccc1Nc1ccc(C(=O)NCCc2c[nH]c3ccccc23)nn1. The number of aromatic nitrogens is 3. The number of H-pyrrole nitrogens is 1. The zero-order valence-corrected chi connectivity index (χ0v) is 15.5. The predicted octanol–water partition coefficient (Wildman–Crippen LogP) is 3.55. The number of fused-ring (bicyclic) bond motifs is 1. The second kappa shape index (κ2) is 8.23. The highest BCUT2D eigenvalue weighted by molar-refractivity contribution is 5.92. The average Bonchev–Trinajstić information content (AvgIpc) is 3.18. The van der Waals surface area contributed by atoms with Crippen LogP contribution >= 0.6 is 0 Å². The van der Waals surface area contributed by atoms with Gasteiger partial charge in [0.25, 0.3) is 5.91 Å². The number of nitriles is 1. The zero-order chi connectivity index (χ0) is 20.1. The first-order valence-corrected chi connectivity index (χ1v) is 9.17. The lowest BCUT2D eigenvalue weighted by molar-refractivity contribution is 0.0948. The molecule has 7 nitrogen and oxygen atoms in total. The number of hydrogen-bond acceptors (Lipinski definition) is 5. The molecule has 0 aliphatic rings. The van der Waals surface area contributed by atoms with E-state index in [9.17, 15) is 4.79 Å². The number of para-hydroxylation sites is 2. The Morgan fingerprint density at radius 2 is 1.86 bits per heavy atom. The number of carbonyl (C=O) groups is 1. The molecular weight excluding hydrogens is 364 g/mol. The molecule has 0 saturated heterocycles. The van der Waals surface area contributed by atoms with Crippen molar-refractivity contribution in [1.29, 1.82) is 5.26 Å². The van der Waals surface area contributed by atoms with Crippen LogP contribution in [0.1, 0.15) is 21.6 Å². The van der Waals surface area contributed by atoms with Crippen LogP contribution in [0.25, 0.3) is 10.9 Å². The normalized spacial score (nSPS) is 10.4. The summed E-state index contributed by atoms with van der Waals surface area (Å²) in [6.45, 7) is 0.498. The van der Waals surface area contributed by atoms with Gasteiger partial charge in [-0.3, -0.25) is 4.79 Å². The molecule has 0 atom stereocenters. The number of aromatic amines is 1. The Morgan fingerprint density at radius 3 is 2.69 bits per heavy atom. The Morgan fingerprint density at radius 1 is 1.03 bits per heavy atom. The number of amides is 1. The van der Waals surface area contributed by atoms with Gasteiger partial charge in [-0.25, -0.2) is 0 Å². The third kappa shape index (κ3) is 4.06. The minimum Gasteiger partial charge on any atom is -0.361 e. The molecule has 4 aromatic rings. The average molecular weight is 382 g/mol. The van der Waals surface area contributed by atoms with E-state index in [2.05, 4.69) is 38.0 Å². The fraction of sp³-hybridized carbons (Fsp3) is 0.0909. The van der Waals surface area contributed by atoms with E-state index in [4.69, 9.17) is 5.26 Å². The second-order valence-corrected chi connectivity index (χ2v) is 6.45. The van der Waals surface area contributed by atoms with E-state index in [1.54, 1.807) is 30.3 Å². The summed E-state index contributed by atoms with van der Waals surface area (Å²) in [5, 5.41) is 24.2. The fourth-order valence-corrected chi connectivity index (χ4v) is 3.09. The van der Waals surface area contributed by atoms with Crippen molar-refractivity contribution in [2.24, 2.45) is 0 Å². The molecule has 2 aromatic heterocycles. The molecule has 3 N–H and O–H groups in total. The van der Waals surface area contributed by atoms with Crippen molar-refractivity contribution in [3.8, 4) is 6.07 Å². The van der Waals surface area contributed by atoms with E-state index in [1.807, 2.05) is 30.5 Å². The van der Waals surface area contributed by atoms with E-state index in [-0.39, 0.29) is 11.6 Å². The Balaban J connectivity index is 1.35. The van der Waals surface area contributed by atoms with Crippen LogP contribution in [0.4, 0.5) is 11.5 Å². The largest absolute Gasteiger partial charge is 0.361 e.